The van der Waals surface area contributed by atoms with Gasteiger partial charge in [0.2, 0.25) is 0 Å². The molecular formula is C14H18F3NO. The van der Waals surface area contributed by atoms with E-state index in [4.69, 9.17) is 0 Å². The van der Waals surface area contributed by atoms with Crippen LogP contribution in [0.5, 0.6) is 0 Å². The van der Waals surface area contributed by atoms with Crippen LogP contribution in [0.25, 0.3) is 0 Å². The smallest absolute Gasteiger partial charge is 0.388 e. The highest BCUT2D eigenvalue weighted by Crippen LogP contribution is 2.34. The van der Waals surface area contributed by atoms with Crippen molar-refractivity contribution < 1.29 is 18.3 Å². The number of halogens is 3. The highest BCUT2D eigenvalue weighted by Gasteiger charge is 2.31. The van der Waals surface area contributed by atoms with E-state index in [1.807, 2.05) is 0 Å². The third-order valence-corrected chi connectivity index (χ3v) is 3.75. The van der Waals surface area contributed by atoms with Gasteiger partial charge in [-0.2, -0.15) is 13.2 Å². The van der Waals surface area contributed by atoms with Crippen molar-refractivity contribution in [3.8, 4) is 0 Å². The highest BCUT2D eigenvalue weighted by molar-refractivity contribution is 5.34. The van der Waals surface area contributed by atoms with Crippen LogP contribution in [0.2, 0.25) is 0 Å². The maximum absolute atomic E-state index is 12.6. The Morgan fingerprint density at radius 3 is 2.42 bits per heavy atom. The van der Waals surface area contributed by atoms with Gasteiger partial charge in [0.25, 0.3) is 0 Å². The third kappa shape index (κ3) is 3.28. The standard InChI is InChI=1S/C14H18F3NO/c1-9-8-11(14(15,16)17)2-3-12(9)13(19)10-4-6-18-7-5-10/h2-3,8,10,13,18-19H,4-7H2,1H3. The molecule has 1 fully saturated rings. The van der Waals surface area contributed by atoms with Gasteiger partial charge in [0.15, 0.2) is 0 Å². The average molecular weight is 273 g/mol. The molecule has 2 rings (SSSR count). The number of alkyl halides is 3. The normalized spacial score (nSPS) is 19.4. The lowest BCUT2D eigenvalue weighted by atomic mass is 9.86. The largest absolute Gasteiger partial charge is 0.416 e. The van der Waals surface area contributed by atoms with E-state index >= 15 is 0 Å². The summed E-state index contributed by atoms with van der Waals surface area (Å²) in [6, 6.07) is 3.57. The summed E-state index contributed by atoms with van der Waals surface area (Å²) in [6.45, 7) is 3.32. The lowest BCUT2D eigenvalue weighted by Gasteiger charge is -2.28. The second kappa shape index (κ2) is 5.51. The molecule has 5 heteroatoms. The summed E-state index contributed by atoms with van der Waals surface area (Å²) in [5.74, 6) is 0.122. The summed E-state index contributed by atoms with van der Waals surface area (Å²) in [6.07, 6.45) is -3.31. The molecule has 2 N–H and O–H groups in total. The fraction of sp³-hybridized carbons (Fsp3) is 0.571. The number of benzene rings is 1. The van der Waals surface area contributed by atoms with Gasteiger partial charge in [-0.1, -0.05) is 6.07 Å². The van der Waals surface area contributed by atoms with Crippen molar-refractivity contribution >= 4 is 0 Å². The molecule has 106 valence electrons. The van der Waals surface area contributed by atoms with Crippen molar-refractivity contribution in [2.75, 3.05) is 13.1 Å². The number of hydrogen-bond acceptors (Lipinski definition) is 2. The molecule has 1 heterocycles. The lowest BCUT2D eigenvalue weighted by molar-refractivity contribution is -0.137. The molecule has 1 aromatic rings. The van der Waals surface area contributed by atoms with Crippen molar-refractivity contribution in [2.24, 2.45) is 5.92 Å². The zero-order valence-corrected chi connectivity index (χ0v) is 10.8. The van der Waals surface area contributed by atoms with E-state index in [-0.39, 0.29) is 5.92 Å². The zero-order valence-electron chi connectivity index (χ0n) is 10.8. The number of aliphatic hydroxyl groups excluding tert-OH is 1. The van der Waals surface area contributed by atoms with Crippen LogP contribution in [0, 0.1) is 12.8 Å². The van der Waals surface area contributed by atoms with Crippen LogP contribution in [0.3, 0.4) is 0 Å². The Kier molecular flexibility index (Phi) is 4.16. The first-order valence-corrected chi connectivity index (χ1v) is 6.46. The van der Waals surface area contributed by atoms with Crippen molar-refractivity contribution in [2.45, 2.75) is 32.0 Å². The Morgan fingerprint density at radius 1 is 1.26 bits per heavy atom. The number of aliphatic hydroxyl groups is 1. The van der Waals surface area contributed by atoms with E-state index in [2.05, 4.69) is 5.32 Å². The van der Waals surface area contributed by atoms with Crippen LogP contribution in [-0.4, -0.2) is 18.2 Å². The topological polar surface area (TPSA) is 32.3 Å². The predicted molar refractivity (Wildman–Crippen MR) is 66.7 cm³/mol. The van der Waals surface area contributed by atoms with Gasteiger partial charge in [-0.25, -0.2) is 0 Å². The summed E-state index contributed by atoms with van der Waals surface area (Å²) in [7, 11) is 0. The molecule has 0 saturated carbocycles. The summed E-state index contributed by atoms with van der Waals surface area (Å²) >= 11 is 0. The Morgan fingerprint density at radius 2 is 1.89 bits per heavy atom. The molecule has 0 amide bonds. The molecule has 0 aliphatic carbocycles. The second-order valence-electron chi connectivity index (χ2n) is 5.10. The molecule has 2 nitrogen and oxygen atoms in total. The van der Waals surface area contributed by atoms with Gasteiger partial charge in [-0.3, -0.25) is 0 Å². The Bertz CT molecular complexity index is 439. The van der Waals surface area contributed by atoms with E-state index in [9.17, 15) is 18.3 Å². The molecule has 1 aromatic carbocycles. The number of hydrogen-bond donors (Lipinski definition) is 2. The van der Waals surface area contributed by atoms with Crippen LogP contribution in [0.15, 0.2) is 18.2 Å². The number of rotatable bonds is 2. The molecule has 0 spiro atoms. The Labute approximate surface area is 110 Å². The molecule has 1 aliphatic rings. The molecular weight excluding hydrogens is 255 g/mol. The monoisotopic (exact) mass is 273 g/mol. The van der Waals surface area contributed by atoms with Crippen LogP contribution >= 0.6 is 0 Å². The molecule has 1 saturated heterocycles. The van der Waals surface area contributed by atoms with Crippen molar-refractivity contribution in [1.82, 2.24) is 5.32 Å². The van der Waals surface area contributed by atoms with Crippen LogP contribution in [-0.2, 0) is 6.18 Å². The molecule has 1 unspecified atom stereocenters. The molecule has 0 radical (unpaired) electrons. The van der Waals surface area contributed by atoms with Gasteiger partial charge in [0, 0.05) is 0 Å². The molecule has 19 heavy (non-hydrogen) atoms. The van der Waals surface area contributed by atoms with E-state index in [0.717, 1.165) is 38.1 Å². The second-order valence-corrected chi connectivity index (χ2v) is 5.10. The van der Waals surface area contributed by atoms with Gasteiger partial charge in [0.05, 0.1) is 11.7 Å². The van der Waals surface area contributed by atoms with E-state index < -0.39 is 17.8 Å². The molecule has 0 aromatic heterocycles. The zero-order chi connectivity index (χ0) is 14.0. The summed E-state index contributed by atoms with van der Waals surface area (Å²) in [5.41, 5.74) is 0.451. The fourth-order valence-electron chi connectivity index (χ4n) is 2.60. The summed E-state index contributed by atoms with van der Waals surface area (Å²) in [5, 5.41) is 13.5. The first-order chi connectivity index (χ1) is 8.89. The molecule has 0 bridgehead atoms. The first-order valence-electron chi connectivity index (χ1n) is 6.46. The van der Waals surface area contributed by atoms with Crippen molar-refractivity contribution in [3.63, 3.8) is 0 Å². The van der Waals surface area contributed by atoms with Gasteiger partial charge in [-0.05, 0) is 62.0 Å². The minimum atomic E-state index is -4.33. The van der Waals surface area contributed by atoms with E-state index in [1.54, 1.807) is 6.92 Å². The van der Waals surface area contributed by atoms with Crippen LogP contribution < -0.4 is 5.32 Å². The SMILES string of the molecule is Cc1cc(C(F)(F)F)ccc1C(O)C1CCNCC1. The van der Waals surface area contributed by atoms with Gasteiger partial charge >= 0.3 is 6.18 Å². The van der Waals surface area contributed by atoms with E-state index in [0.29, 0.717) is 11.1 Å². The maximum Gasteiger partial charge on any atom is 0.416 e. The summed E-state index contributed by atoms with van der Waals surface area (Å²) < 4.78 is 37.8. The Balaban J connectivity index is 2.20. The molecule has 1 aliphatic heterocycles. The summed E-state index contributed by atoms with van der Waals surface area (Å²) in [4.78, 5) is 0. The third-order valence-electron chi connectivity index (χ3n) is 3.75. The fourth-order valence-corrected chi connectivity index (χ4v) is 2.60. The minimum absolute atomic E-state index is 0.122. The highest BCUT2D eigenvalue weighted by atomic mass is 19.4. The molecule has 1 atom stereocenters. The van der Waals surface area contributed by atoms with Crippen LogP contribution in [0.4, 0.5) is 13.2 Å². The van der Waals surface area contributed by atoms with Crippen molar-refractivity contribution in [1.29, 1.82) is 0 Å². The predicted octanol–water partition coefficient (Wildman–Crippen LogP) is 3.05. The van der Waals surface area contributed by atoms with Gasteiger partial charge in [-0.15, -0.1) is 0 Å². The maximum atomic E-state index is 12.6. The minimum Gasteiger partial charge on any atom is -0.388 e. The number of piperidine rings is 1. The quantitative estimate of drug-likeness (QED) is 0.868. The first kappa shape index (κ1) is 14.3. The Hall–Kier alpha value is -1.07. The van der Waals surface area contributed by atoms with Crippen molar-refractivity contribution in [3.05, 3.63) is 34.9 Å². The van der Waals surface area contributed by atoms with Gasteiger partial charge in [0.1, 0.15) is 0 Å². The number of nitrogens with one attached hydrogen (secondary N) is 1. The van der Waals surface area contributed by atoms with E-state index in [1.165, 1.54) is 6.07 Å². The van der Waals surface area contributed by atoms with Crippen LogP contribution in [0.1, 0.15) is 35.6 Å². The lowest BCUT2D eigenvalue weighted by Crippen LogP contribution is -2.31. The van der Waals surface area contributed by atoms with Gasteiger partial charge < -0.3 is 10.4 Å². The number of aryl methyl sites for hydroxylation is 1. The average Bonchev–Trinajstić information content (AvgIpc) is 2.38.